The summed E-state index contributed by atoms with van der Waals surface area (Å²) >= 11 is 1.30. The first kappa shape index (κ1) is 22.6. The zero-order valence-corrected chi connectivity index (χ0v) is 17.6. The van der Waals surface area contributed by atoms with Crippen LogP contribution in [0.4, 0.5) is 0 Å². The number of hydrogen-bond acceptors (Lipinski definition) is 6. The van der Waals surface area contributed by atoms with Crippen LogP contribution in [-0.2, 0) is 7.05 Å². The summed E-state index contributed by atoms with van der Waals surface area (Å²) in [5.41, 5.74) is 2.63. The quantitative estimate of drug-likeness (QED) is 0.801. The van der Waals surface area contributed by atoms with Gasteiger partial charge in [0.1, 0.15) is 9.88 Å². The fourth-order valence-electron chi connectivity index (χ4n) is 2.81. The SMILES string of the molecule is Cc1nc(-c2c(C)c(C)nn(C)c2=O)sc1C(=O)N1CCNCC1.Cl.Cl. The number of aryl methyl sites for hydroxylation is 3. The third-order valence-electron chi connectivity index (χ3n) is 4.33. The van der Waals surface area contributed by atoms with Gasteiger partial charge in [-0.3, -0.25) is 9.59 Å². The van der Waals surface area contributed by atoms with E-state index in [2.05, 4.69) is 15.4 Å². The van der Waals surface area contributed by atoms with Gasteiger partial charge in [0.25, 0.3) is 11.5 Å². The molecule has 0 spiro atoms. The lowest BCUT2D eigenvalue weighted by Gasteiger charge is -2.27. The summed E-state index contributed by atoms with van der Waals surface area (Å²) in [7, 11) is 1.63. The number of amides is 1. The molecule has 0 bridgehead atoms. The maximum Gasteiger partial charge on any atom is 0.277 e. The highest BCUT2D eigenvalue weighted by atomic mass is 35.5. The van der Waals surface area contributed by atoms with E-state index in [9.17, 15) is 9.59 Å². The Labute approximate surface area is 168 Å². The minimum absolute atomic E-state index is 0. The maximum atomic E-state index is 12.7. The number of aromatic nitrogens is 3. The average molecular weight is 420 g/mol. The second-order valence-corrected chi connectivity index (χ2v) is 6.99. The minimum Gasteiger partial charge on any atom is -0.335 e. The van der Waals surface area contributed by atoms with Crippen LogP contribution >= 0.6 is 36.2 Å². The van der Waals surface area contributed by atoms with Crippen molar-refractivity contribution in [3.8, 4) is 10.6 Å². The normalized spacial score (nSPS) is 13.8. The summed E-state index contributed by atoms with van der Waals surface area (Å²) in [6, 6.07) is 0. The number of thiazole rings is 1. The van der Waals surface area contributed by atoms with Crippen LogP contribution in [-0.4, -0.2) is 51.8 Å². The van der Waals surface area contributed by atoms with Crippen molar-refractivity contribution in [3.05, 3.63) is 32.2 Å². The van der Waals surface area contributed by atoms with Crippen molar-refractivity contribution in [3.63, 3.8) is 0 Å². The van der Waals surface area contributed by atoms with Gasteiger partial charge in [0.2, 0.25) is 0 Å². The van der Waals surface area contributed by atoms with Gasteiger partial charge in [0.15, 0.2) is 0 Å². The highest BCUT2D eigenvalue weighted by Crippen LogP contribution is 2.29. The molecule has 7 nitrogen and oxygen atoms in total. The van der Waals surface area contributed by atoms with Gasteiger partial charge >= 0.3 is 0 Å². The number of piperazine rings is 1. The Morgan fingerprint density at radius 1 is 1.12 bits per heavy atom. The number of nitrogens with one attached hydrogen (secondary N) is 1. The van der Waals surface area contributed by atoms with Gasteiger partial charge in [0.05, 0.1) is 17.0 Å². The third-order valence-corrected chi connectivity index (χ3v) is 5.50. The molecule has 3 rings (SSSR count). The topological polar surface area (TPSA) is 80.1 Å². The summed E-state index contributed by atoms with van der Waals surface area (Å²) in [5.74, 6) is -0.00185. The van der Waals surface area contributed by atoms with E-state index < -0.39 is 0 Å². The van der Waals surface area contributed by atoms with Crippen molar-refractivity contribution >= 4 is 42.1 Å². The van der Waals surface area contributed by atoms with E-state index in [4.69, 9.17) is 0 Å². The number of halogens is 2. The molecule has 0 radical (unpaired) electrons. The lowest BCUT2D eigenvalue weighted by molar-refractivity contribution is 0.0739. The monoisotopic (exact) mass is 419 g/mol. The zero-order chi connectivity index (χ0) is 17.4. The second kappa shape index (κ2) is 8.94. The van der Waals surface area contributed by atoms with Crippen molar-refractivity contribution < 1.29 is 4.79 Å². The van der Waals surface area contributed by atoms with Crippen LogP contribution in [0.15, 0.2) is 4.79 Å². The standard InChI is InChI=1S/C16H21N5O2S.2ClH/c1-9-10(2)19-20(4)15(22)12(9)14-18-11(3)13(24-14)16(23)21-7-5-17-6-8-21;;/h17H,5-8H2,1-4H3;2*1H. The molecule has 2 aromatic rings. The van der Waals surface area contributed by atoms with Gasteiger partial charge in [0, 0.05) is 33.2 Å². The zero-order valence-electron chi connectivity index (χ0n) is 15.2. The molecule has 1 aliphatic heterocycles. The molecule has 0 aliphatic carbocycles. The minimum atomic E-state index is -0.187. The number of nitrogens with zero attached hydrogens (tertiary/aromatic N) is 4. The van der Waals surface area contributed by atoms with Gasteiger partial charge in [-0.25, -0.2) is 9.67 Å². The summed E-state index contributed by atoms with van der Waals surface area (Å²) in [5, 5.41) is 8.02. The molecule has 1 fully saturated rings. The van der Waals surface area contributed by atoms with E-state index in [1.54, 1.807) is 7.05 Å². The molecule has 1 aliphatic rings. The van der Waals surface area contributed by atoms with Gasteiger partial charge in [-0.2, -0.15) is 5.10 Å². The summed E-state index contributed by atoms with van der Waals surface area (Å²) in [6.45, 7) is 8.56. The van der Waals surface area contributed by atoms with Crippen molar-refractivity contribution in [1.29, 1.82) is 0 Å². The van der Waals surface area contributed by atoms with Crippen LogP contribution in [0, 0.1) is 20.8 Å². The molecule has 26 heavy (non-hydrogen) atoms. The molecule has 0 saturated carbocycles. The fraction of sp³-hybridized carbons (Fsp3) is 0.500. The van der Waals surface area contributed by atoms with Crippen LogP contribution in [0.25, 0.3) is 10.6 Å². The lowest BCUT2D eigenvalue weighted by Crippen LogP contribution is -2.46. The number of rotatable bonds is 2. The van der Waals surface area contributed by atoms with E-state index in [0.717, 1.165) is 24.3 Å². The van der Waals surface area contributed by atoms with E-state index in [1.165, 1.54) is 16.0 Å². The van der Waals surface area contributed by atoms with Crippen LogP contribution in [0.3, 0.4) is 0 Å². The molecule has 1 N–H and O–H groups in total. The van der Waals surface area contributed by atoms with Gasteiger partial charge in [-0.15, -0.1) is 36.2 Å². The predicted molar refractivity (Wildman–Crippen MR) is 108 cm³/mol. The van der Waals surface area contributed by atoms with Crippen molar-refractivity contribution in [2.75, 3.05) is 26.2 Å². The number of carbonyl (C=O) groups is 1. The lowest BCUT2D eigenvalue weighted by atomic mass is 10.1. The molecule has 10 heteroatoms. The first-order valence-corrected chi connectivity index (χ1v) is 8.74. The highest BCUT2D eigenvalue weighted by molar-refractivity contribution is 7.17. The van der Waals surface area contributed by atoms with E-state index in [0.29, 0.717) is 34.2 Å². The molecule has 1 amide bonds. The molecule has 1 saturated heterocycles. The van der Waals surface area contributed by atoms with E-state index in [1.807, 2.05) is 25.7 Å². The Morgan fingerprint density at radius 2 is 1.73 bits per heavy atom. The molecule has 0 atom stereocenters. The molecule has 0 unspecified atom stereocenters. The van der Waals surface area contributed by atoms with Gasteiger partial charge < -0.3 is 10.2 Å². The maximum absolute atomic E-state index is 12.7. The molecule has 0 aromatic carbocycles. The van der Waals surface area contributed by atoms with Crippen LogP contribution in [0.2, 0.25) is 0 Å². The smallest absolute Gasteiger partial charge is 0.277 e. The van der Waals surface area contributed by atoms with Crippen LogP contribution < -0.4 is 10.9 Å². The van der Waals surface area contributed by atoms with Crippen LogP contribution in [0.5, 0.6) is 0 Å². The fourth-order valence-corrected chi connectivity index (χ4v) is 3.94. The number of carbonyl (C=O) groups excluding carboxylic acids is 1. The van der Waals surface area contributed by atoms with Crippen LogP contribution in [0.1, 0.15) is 26.6 Å². The molecule has 144 valence electrons. The van der Waals surface area contributed by atoms with Crippen molar-refractivity contribution in [1.82, 2.24) is 25.0 Å². The van der Waals surface area contributed by atoms with Crippen molar-refractivity contribution in [2.45, 2.75) is 20.8 Å². The predicted octanol–water partition coefficient (Wildman–Crippen LogP) is 1.72. The highest BCUT2D eigenvalue weighted by Gasteiger charge is 2.25. The molecular weight excluding hydrogens is 397 g/mol. The Kier molecular flexibility index (Phi) is 7.76. The Balaban J connectivity index is 0.00000169. The third kappa shape index (κ3) is 4.09. The Bertz CT molecular complexity index is 859. The van der Waals surface area contributed by atoms with Gasteiger partial charge in [-0.05, 0) is 26.3 Å². The summed E-state index contributed by atoms with van der Waals surface area (Å²) in [6.07, 6.45) is 0. The summed E-state index contributed by atoms with van der Waals surface area (Å²) < 4.78 is 1.33. The van der Waals surface area contributed by atoms with E-state index in [-0.39, 0.29) is 36.3 Å². The van der Waals surface area contributed by atoms with E-state index >= 15 is 0 Å². The first-order valence-electron chi connectivity index (χ1n) is 7.92. The first-order chi connectivity index (χ1) is 11.4. The van der Waals surface area contributed by atoms with Gasteiger partial charge in [-0.1, -0.05) is 0 Å². The average Bonchev–Trinajstić information content (AvgIpc) is 2.95. The second-order valence-electron chi connectivity index (χ2n) is 5.99. The molecule has 3 heterocycles. The molecular formula is C16H23Cl2N5O2S. The summed E-state index contributed by atoms with van der Waals surface area (Å²) in [4.78, 5) is 32.2. The largest absolute Gasteiger partial charge is 0.335 e. The molecule has 2 aromatic heterocycles. The number of hydrogen-bond donors (Lipinski definition) is 1. The van der Waals surface area contributed by atoms with Crippen molar-refractivity contribution in [2.24, 2.45) is 7.05 Å². The Hall–Kier alpha value is -1.48. The Morgan fingerprint density at radius 3 is 2.35 bits per heavy atom.